The summed E-state index contributed by atoms with van der Waals surface area (Å²) in [5.41, 5.74) is 2.49. The molecular weight excluding hydrogens is 164 g/mol. The number of hydrogen-bond acceptors (Lipinski definition) is 3. The van der Waals surface area contributed by atoms with Gasteiger partial charge in [0.05, 0.1) is 0 Å². The van der Waals surface area contributed by atoms with E-state index < -0.39 is 0 Å². The zero-order valence-corrected chi connectivity index (χ0v) is 8.10. The van der Waals surface area contributed by atoms with Crippen LogP contribution in [0.2, 0.25) is 0 Å². The van der Waals surface area contributed by atoms with Crippen molar-refractivity contribution in [1.82, 2.24) is 10.5 Å². The molecule has 72 valence electrons. The van der Waals surface area contributed by atoms with Gasteiger partial charge in [0.1, 0.15) is 11.5 Å². The summed E-state index contributed by atoms with van der Waals surface area (Å²) in [6, 6.07) is 0. The molecule has 1 N–H and O–H groups in total. The van der Waals surface area contributed by atoms with Crippen LogP contribution in [0, 0.1) is 0 Å². The van der Waals surface area contributed by atoms with Crippen LogP contribution in [0.1, 0.15) is 36.8 Å². The van der Waals surface area contributed by atoms with E-state index in [-0.39, 0.29) is 0 Å². The van der Waals surface area contributed by atoms with Crippen LogP contribution >= 0.6 is 0 Å². The maximum Gasteiger partial charge on any atom is 0.140 e. The first-order valence-corrected chi connectivity index (χ1v) is 5.09. The average molecular weight is 180 g/mol. The summed E-state index contributed by atoms with van der Waals surface area (Å²) in [4.78, 5) is 0. The van der Waals surface area contributed by atoms with Gasteiger partial charge in [0.15, 0.2) is 0 Å². The third kappa shape index (κ3) is 1.75. The molecule has 0 aliphatic heterocycles. The Hall–Kier alpha value is -0.830. The predicted molar refractivity (Wildman–Crippen MR) is 50.5 cm³/mol. The number of fused-ring (bicyclic) bond motifs is 1. The first kappa shape index (κ1) is 8.75. The van der Waals surface area contributed by atoms with E-state index in [9.17, 15) is 0 Å². The summed E-state index contributed by atoms with van der Waals surface area (Å²) >= 11 is 0. The SMILES string of the molecule is CCCNCc1noc2c1CCC2. The van der Waals surface area contributed by atoms with Crippen molar-refractivity contribution in [2.24, 2.45) is 0 Å². The Morgan fingerprint density at radius 2 is 2.38 bits per heavy atom. The summed E-state index contributed by atoms with van der Waals surface area (Å²) in [6.45, 7) is 4.09. The van der Waals surface area contributed by atoms with E-state index >= 15 is 0 Å². The molecular formula is C10H16N2O. The lowest BCUT2D eigenvalue weighted by Crippen LogP contribution is -2.14. The smallest absolute Gasteiger partial charge is 0.140 e. The molecule has 0 unspecified atom stereocenters. The number of rotatable bonds is 4. The quantitative estimate of drug-likeness (QED) is 0.716. The van der Waals surface area contributed by atoms with E-state index in [1.807, 2.05) is 0 Å². The van der Waals surface area contributed by atoms with E-state index in [2.05, 4.69) is 17.4 Å². The number of hydrogen-bond donors (Lipinski definition) is 1. The second-order valence-electron chi connectivity index (χ2n) is 3.56. The van der Waals surface area contributed by atoms with Gasteiger partial charge in [0.25, 0.3) is 0 Å². The lowest BCUT2D eigenvalue weighted by atomic mass is 10.2. The first-order chi connectivity index (χ1) is 6.42. The molecule has 1 aliphatic carbocycles. The van der Waals surface area contributed by atoms with Crippen molar-refractivity contribution in [3.63, 3.8) is 0 Å². The Bertz CT molecular complexity index is 280. The fourth-order valence-electron chi connectivity index (χ4n) is 1.81. The van der Waals surface area contributed by atoms with E-state index in [1.165, 1.54) is 18.4 Å². The second-order valence-corrected chi connectivity index (χ2v) is 3.56. The summed E-state index contributed by atoms with van der Waals surface area (Å²) in [5, 5.41) is 7.42. The van der Waals surface area contributed by atoms with Gasteiger partial charge in [-0.2, -0.15) is 0 Å². The van der Waals surface area contributed by atoms with Crippen LogP contribution in [0.5, 0.6) is 0 Å². The maximum absolute atomic E-state index is 5.25. The third-order valence-corrected chi connectivity index (χ3v) is 2.50. The van der Waals surface area contributed by atoms with Gasteiger partial charge in [0.2, 0.25) is 0 Å². The van der Waals surface area contributed by atoms with Gasteiger partial charge in [0, 0.05) is 18.5 Å². The molecule has 0 spiro atoms. The van der Waals surface area contributed by atoms with Crippen LogP contribution in [0.25, 0.3) is 0 Å². The summed E-state index contributed by atoms with van der Waals surface area (Å²) < 4.78 is 5.25. The predicted octanol–water partition coefficient (Wildman–Crippen LogP) is 1.66. The van der Waals surface area contributed by atoms with Gasteiger partial charge >= 0.3 is 0 Å². The lowest BCUT2D eigenvalue weighted by Gasteiger charge is -1.99. The van der Waals surface area contributed by atoms with Crippen molar-refractivity contribution in [3.05, 3.63) is 17.0 Å². The average Bonchev–Trinajstić information content (AvgIpc) is 2.68. The molecule has 0 aromatic carbocycles. The van der Waals surface area contributed by atoms with Crippen molar-refractivity contribution in [2.45, 2.75) is 39.2 Å². The van der Waals surface area contributed by atoms with E-state index in [4.69, 9.17) is 4.52 Å². The highest BCUT2D eigenvalue weighted by Crippen LogP contribution is 2.24. The van der Waals surface area contributed by atoms with Gasteiger partial charge in [-0.25, -0.2) is 0 Å². The Kier molecular flexibility index (Phi) is 2.64. The molecule has 0 fully saturated rings. The molecule has 0 saturated carbocycles. The van der Waals surface area contributed by atoms with Crippen LogP contribution < -0.4 is 5.32 Å². The first-order valence-electron chi connectivity index (χ1n) is 5.09. The molecule has 1 aromatic rings. The largest absolute Gasteiger partial charge is 0.361 e. The normalized spacial score (nSPS) is 14.8. The van der Waals surface area contributed by atoms with Crippen molar-refractivity contribution in [1.29, 1.82) is 0 Å². The molecule has 0 bridgehead atoms. The minimum Gasteiger partial charge on any atom is -0.361 e. The Morgan fingerprint density at radius 1 is 1.46 bits per heavy atom. The lowest BCUT2D eigenvalue weighted by molar-refractivity contribution is 0.377. The molecule has 0 atom stereocenters. The maximum atomic E-state index is 5.25. The zero-order valence-electron chi connectivity index (χ0n) is 8.10. The molecule has 1 heterocycles. The number of nitrogens with one attached hydrogen (secondary N) is 1. The molecule has 1 aliphatic rings. The highest BCUT2D eigenvalue weighted by molar-refractivity contribution is 5.26. The van der Waals surface area contributed by atoms with Gasteiger partial charge in [-0.1, -0.05) is 12.1 Å². The zero-order chi connectivity index (χ0) is 9.10. The number of aromatic nitrogens is 1. The van der Waals surface area contributed by atoms with E-state index in [0.29, 0.717) is 0 Å². The fraction of sp³-hybridized carbons (Fsp3) is 0.700. The Balaban J connectivity index is 1.96. The summed E-state index contributed by atoms with van der Waals surface area (Å²) in [6.07, 6.45) is 4.63. The fourth-order valence-corrected chi connectivity index (χ4v) is 1.81. The van der Waals surface area contributed by atoms with Crippen molar-refractivity contribution >= 4 is 0 Å². The van der Waals surface area contributed by atoms with Crippen molar-refractivity contribution in [2.75, 3.05) is 6.54 Å². The second kappa shape index (κ2) is 3.92. The van der Waals surface area contributed by atoms with E-state index in [1.54, 1.807) is 0 Å². The Labute approximate surface area is 78.5 Å². The van der Waals surface area contributed by atoms with E-state index in [0.717, 1.165) is 37.4 Å². The molecule has 0 radical (unpaired) electrons. The minimum absolute atomic E-state index is 0.868. The summed E-state index contributed by atoms with van der Waals surface area (Å²) in [7, 11) is 0. The van der Waals surface area contributed by atoms with Crippen LogP contribution in [-0.2, 0) is 19.4 Å². The highest BCUT2D eigenvalue weighted by atomic mass is 16.5. The van der Waals surface area contributed by atoms with Gasteiger partial charge in [-0.05, 0) is 25.8 Å². The van der Waals surface area contributed by atoms with Gasteiger partial charge < -0.3 is 9.84 Å². The van der Waals surface area contributed by atoms with Crippen molar-refractivity contribution in [3.8, 4) is 0 Å². The number of aryl methyl sites for hydroxylation is 1. The van der Waals surface area contributed by atoms with Crippen molar-refractivity contribution < 1.29 is 4.52 Å². The molecule has 13 heavy (non-hydrogen) atoms. The van der Waals surface area contributed by atoms with Gasteiger partial charge in [-0.15, -0.1) is 0 Å². The van der Waals surface area contributed by atoms with Crippen LogP contribution in [0.4, 0.5) is 0 Å². The summed E-state index contributed by atoms with van der Waals surface area (Å²) in [5.74, 6) is 1.12. The molecule has 0 saturated heterocycles. The monoisotopic (exact) mass is 180 g/mol. The minimum atomic E-state index is 0.868. The molecule has 3 nitrogen and oxygen atoms in total. The topological polar surface area (TPSA) is 38.1 Å². The third-order valence-electron chi connectivity index (χ3n) is 2.50. The highest BCUT2D eigenvalue weighted by Gasteiger charge is 2.20. The van der Waals surface area contributed by atoms with Gasteiger partial charge in [-0.3, -0.25) is 0 Å². The Morgan fingerprint density at radius 3 is 3.23 bits per heavy atom. The number of nitrogens with zero attached hydrogens (tertiary/aromatic N) is 1. The van der Waals surface area contributed by atoms with Crippen LogP contribution in [0.15, 0.2) is 4.52 Å². The van der Waals surface area contributed by atoms with Crippen LogP contribution in [0.3, 0.4) is 0 Å². The standard InChI is InChI=1S/C10H16N2O/c1-2-6-11-7-9-8-4-3-5-10(8)13-12-9/h11H,2-7H2,1H3. The molecule has 0 amide bonds. The molecule has 3 heteroatoms. The van der Waals surface area contributed by atoms with Crippen LogP contribution in [-0.4, -0.2) is 11.7 Å². The molecule has 1 aromatic heterocycles. The molecule has 2 rings (SSSR count).